The lowest BCUT2D eigenvalue weighted by atomic mass is 9.82. The Labute approximate surface area is 62.3 Å². The van der Waals surface area contributed by atoms with Crippen LogP contribution in [-0.4, -0.2) is 12.8 Å². The minimum atomic E-state index is 0.530. The molecule has 1 aliphatic carbocycles. The van der Waals surface area contributed by atoms with E-state index in [-0.39, 0.29) is 0 Å². The molecule has 2 atom stereocenters. The van der Waals surface area contributed by atoms with Gasteiger partial charge in [0.25, 0.3) is 0 Å². The van der Waals surface area contributed by atoms with Gasteiger partial charge in [-0.05, 0) is 43.9 Å². The molecule has 1 saturated carbocycles. The number of hydrogen-bond donors (Lipinski definition) is 2. The van der Waals surface area contributed by atoms with Crippen LogP contribution in [0.5, 0.6) is 0 Å². The minimum Gasteiger partial charge on any atom is -0.330 e. The lowest BCUT2D eigenvalue weighted by Crippen LogP contribution is -2.22. The van der Waals surface area contributed by atoms with Crippen LogP contribution in [0, 0.1) is 17.2 Å². The molecule has 1 rings (SSSR count). The molecule has 2 heteroatoms. The van der Waals surface area contributed by atoms with Crippen molar-refractivity contribution in [3.63, 3.8) is 0 Å². The fourth-order valence-electron chi connectivity index (χ4n) is 1.70. The Balaban J connectivity index is 2.31. The fraction of sp³-hybridized carbons (Fsp3) is 0.875. The quantitative estimate of drug-likeness (QED) is 0.560. The number of rotatable bonds is 2. The van der Waals surface area contributed by atoms with Gasteiger partial charge in [-0.15, -0.1) is 0 Å². The van der Waals surface area contributed by atoms with E-state index < -0.39 is 0 Å². The van der Waals surface area contributed by atoms with E-state index in [2.05, 4.69) is 0 Å². The second-order valence-electron chi connectivity index (χ2n) is 3.20. The van der Waals surface area contributed by atoms with Crippen molar-refractivity contribution in [3.05, 3.63) is 0 Å². The van der Waals surface area contributed by atoms with Gasteiger partial charge in [-0.3, -0.25) is 0 Å². The number of nitrogens with two attached hydrogens (primary N) is 1. The maximum absolute atomic E-state index is 7.10. The van der Waals surface area contributed by atoms with E-state index in [1.807, 2.05) is 0 Å². The monoisotopic (exact) mass is 140 g/mol. The first kappa shape index (κ1) is 7.73. The van der Waals surface area contributed by atoms with Crippen molar-refractivity contribution in [2.45, 2.75) is 25.7 Å². The summed E-state index contributed by atoms with van der Waals surface area (Å²) in [6.45, 7) is 0.810. The fourth-order valence-corrected chi connectivity index (χ4v) is 1.70. The highest BCUT2D eigenvalue weighted by Crippen LogP contribution is 2.26. The van der Waals surface area contributed by atoms with Crippen molar-refractivity contribution in [1.29, 1.82) is 5.41 Å². The lowest BCUT2D eigenvalue weighted by Gasteiger charge is -2.24. The average Bonchev–Trinajstić information content (AvgIpc) is 2.05. The van der Waals surface area contributed by atoms with Gasteiger partial charge in [-0.25, -0.2) is 0 Å². The SMILES string of the molecule is N=CC1CCCC(CN)C1. The van der Waals surface area contributed by atoms with E-state index in [1.54, 1.807) is 6.21 Å². The van der Waals surface area contributed by atoms with Gasteiger partial charge in [0.2, 0.25) is 0 Å². The Bertz CT molecular complexity index is 112. The maximum Gasteiger partial charge on any atom is -0.00166 e. The normalized spacial score (nSPS) is 33.7. The van der Waals surface area contributed by atoms with Crippen LogP contribution in [0.15, 0.2) is 0 Å². The first-order chi connectivity index (χ1) is 4.86. The van der Waals surface area contributed by atoms with E-state index in [9.17, 15) is 0 Å². The first-order valence-corrected chi connectivity index (χ1v) is 4.07. The van der Waals surface area contributed by atoms with Crippen molar-refractivity contribution >= 4 is 6.21 Å². The van der Waals surface area contributed by atoms with Gasteiger partial charge >= 0.3 is 0 Å². The van der Waals surface area contributed by atoms with Crippen LogP contribution in [0.1, 0.15) is 25.7 Å². The molecule has 0 radical (unpaired) electrons. The summed E-state index contributed by atoms with van der Waals surface area (Å²) in [6.07, 6.45) is 6.49. The predicted molar refractivity (Wildman–Crippen MR) is 43.3 cm³/mol. The molecule has 0 amide bonds. The highest BCUT2D eigenvalue weighted by molar-refractivity contribution is 5.56. The molecule has 0 spiro atoms. The minimum absolute atomic E-state index is 0.530. The number of hydrogen-bond acceptors (Lipinski definition) is 2. The van der Waals surface area contributed by atoms with Crippen molar-refractivity contribution in [1.82, 2.24) is 0 Å². The molecule has 1 aliphatic rings. The summed E-state index contributed by atoms with van der Waals surface area (Å²) in [5, 5.41) is 7.10. The van der Waals surface area contributed by atoms with Crippen LogP contribution in [-0.2, 0) is 0 Å². The van der Waals surface area contributed by atoms with Crippen molar-refractivity contribution in [3.8, 4) is 0 Å². The lowest BCUT2D eigenvalue weighted by molar-refractivity contribution is 0.327. The molecule has 3 N–H and O–H groups in total. The maximum atomic E-state index is 7.10. The molecular formula is C8H16N2. The van der Waals surface area contributed by atoms with Gasteiger partial charge in [0.05, 0.1) is 0 Å². The van der Waals surface area contributed by atoms with Gasteiger partial charge in [0.1, 0.15) is 0 Å². The summed E-state index contributed by atoms with van der Waals surface area (Å²) in [7, 11) is 0. The highest BCUT2D eigenvalue weighted by atomic mass is 14.6. The average molecular weight is 140 g/mol. The van der Waals surface area contributed by atoms with Crippen LogP contribution < -0.4 is 5.73 Å². The van der Waals surface area contributed by atoms with E-state index in [0.29, 0.717) is 11.8 Å². The smallest absolute Gasteiger partial charge is 0.00166 e. The second kappa shape index (κ2) is 3.71. The van der Waals surface area contributed by atoms with Crippen molar-refractivity contribution in [2.75, 3.05) is 6.54 Å². The molecule has 58 valence electrons. The van der Waals surface area contributed by atoms with Crippen LogP contribution in [0.3, 0.4) is 0 Å². The molecular weight excluding hydrogens is 124 g/mol. The third-order valence-corrected chi connectivity index (χ3v) is 2.39. The Morgan fingerprint density at radius 2 is 2.30 bits per heavy atom. The Morgan fingerprint density at radius 3 is 2.90 bits per heavy atom. The zero-order chi connectivity index (χ0) is 7.40. The van der Waals surface area contributed by atoms with Crippen molar-refractivity contribution in [2.24, 2.45) is 17.6 Å². The summed E-state index contributed by atoms with van der Waals surface area (Å²) < 4.78 is 0. The molecule has 0 aliphatic heterocycles. The summed E-state index contributed by atoms with van der Waals surface area (Å²) in [5.74, 6) is 1.22. The van der Waals surface area contributed by atoms with Crippen molar-refractivity contribution < 1.29 is 0 Å². The van der Waals surface area contributed by atoms with Crippen LogP contribution in [0.4, 0.5) is 0 Å². The molecule has 0 saturated heterocycles. The summed E-state index contributed by atoms with van der Waals surface area (Å²) >= 11 is 0. The van der Waals surface area contributed by atoms with E-state index >= 15 is 0 Å². The van der Waals surface area contributed by atoms with Crippen LogP contribution in [0.2, 0.25) is 0 Å². The largest absolute Gasteiger partial charge is 0.330 e. The van der Waals surface area contributed by atoms with Gasteiger partial charge in [0, 0.05) is 0 Å². The molecule has 2 nitrogen and oxygen atoms in total. The summed E-state index contributed by atoms with van der Waals surface area (Å²) in [5.41, 5.74) is 5.55. The van der Waals surface area contributed by atoms with E-state index in [1.165, 1.54) is 19.3 Å². The number of nitrogens with one attached hydrogen (secondary N) is 1. The molecule has 0 heterocycles. The summed E-state index contributed by atoms with van der Waals surface area (Å²) in [6, 6.07) is 0. The molecule has 0 aromatic rings. The zero-order valence-electron chi connectivity index (χ0n) is 6.34. The zero-order valence-corrected chi connectivity index (χ0v) is 6.34. The Kier molecular flexibility index (Phi) is 2.87. The molecule has 0 aromatic heterocycles. The first-order valence-electron chi connectivity index (χ1n) is 4.07. The van der Waals surface area contributed by atoms with Crippen LogP contribution in [0.25, 0.3) is 0 Å². The van der Waals surface area contributed by atoms with Gasteiger partial charge in [-0.2, -0.15) is 0 Å². The molecule has 2 unspecified atom stereocenters. The topological polar surface area (TPSA) is 49.9 Å². The van der Waals surface area contributed by atoms with Gasteiger partial charge in [0.15, 0.2) is 0 Å². The third kappa shape index (κ3) is 1.81. The second-order valence-corrected chi connectivity index (χ2v) is 3.20. The van der Waals surface area contributed by atoms with Gasteiger partial charge in [-0.1, -0.05) is 6.42 Å². The molecule has 10 heavy (non-hydrogen) atoms. The third-order valence-electron chi connectivity index (χ3n) is 2.39. The van der Waals surface area contributed by atoms with E-state index in [0.717, 1.165) is 13.0 Å². The highest BCUT2D eigenvalue weighted by Gasteiger charge is 2.18. The van der Waals surface area contributed by atoms with E-state index in [4.69, 9.17) is 11.1 Å². The predicted octanol–water partition coefficient (Wildman–Crippen LogP) is 1.40. The standard InChI is InChI=1S/C8H16N2/c9-5-7-2-1-3-8(4-7)6-10/h5,7-9H,1-4,6,10H2. The molecule has 1 fully saturated rings. The van der Waals surface area contributed by atoms with Crippen LogP contribution >= 0.6 is 0 Å². The van der Waals surface area contributed by atoms with Gasteiger partial charge < -0.3 is 11.1 Å². The Hall–Kier alpha value is -0.370. The summed E-state index contributed by atoms with van der Waals surface area (Å²) in [4.78, 5) is 0. The molecule has 0 aromatic carbocycles. The Morgan fingerprint density at radius 1 is 1.50 bits per heavy atom. The molecule has 0 bridgehead atoms.